The molecule has 0 radical (unpaired) electrons. The summed E-state index contributed by atoms with van der Waals surface area (Å²) >= 11 is 0. The largest absolute Gasteiger partial charge is 0.356 e. The minimum absolute atomic E-state index is 0.00445. The highest BCUT2D eigenvalue weighted by Crippen LogP contribution is 2.30. The minimum atomic E-state index is -0.0976. The molecule has 1 aromatic carbocycles. The number of benzene rings is 1. The van der Waals surface area contributed by atoms with Gasteiger partial charge in [-0.3, -0.25) is 9.59 Å². The number of hydrogen-bond donors (Lipinski definition) is 2. The average molecular weight is 356 g/mol. The summed E-state index contributed by atoms with van der Waals surface area (Å²) in [7, 11) is 4.03. The van der Waals surface area contributed by atoms with E-state index < -0.39 is 0 Å². The zero-order valence-corrected chi connectivity index (χ0v) is 15.6. The van der Waals surface area contributed by atoms with E-state index in [1.54, 1.807) is 24.3 Å². The number of nitrogens with one attached hydrogen (secondary N) is 2. The van der Waals surface area contributed by atoms with Crippen LogP contribution in [0.3, 0.4) is 0 Å². The van der Waals surface area contributed by atoms with Crippen LogP contribution in [0.1, 0.15) is 37.7 Å². The number of hydrogen-bond acceptors (Lipinski definition) is 4. The van der Waals surface area contributed by atoms with E-state index >= 15 is 0 Å². The number of nitriles is 1. The molecule has 2 N–H and O–H groups in total. The molecule has 6 nitrogen and oxygen atoms in total. The first kappa shape index (κ1) is 19.9. The smallest absolute Gasteiger partial charge is 0.227 e. The van der Waals surface area contributed by atoms with Crippen molar-refractivity contribution in [3.8, 4) is 6.07 Å². The Morgan fingerprint density at radius 3 is 2.35 bits per heavy atom. The molecule has 0 atom stereocenters. The summed E-state index contributed by atoms with van der Waals surface area (Å²) in [6.07, 6.45) is 3.82. The van der Waals surface area contributed by atoms with Gasteiger partial charge in [-0.05, 0) is 64.9 Å². The van der Waals surface area contributed by atoms with Gasteiger partial charge in [0.25, 0.3) is 0 Å². The highest BCUT2D eigenvalue weighted by molar-refractivity contribution is 5.94. The molecule has 2 amide bonds. The van der Waals surface area contributed by atoms with Gasteiger partial charge >= 0.3 is 0 Å². The molecule has 0 spiro atoms. The van der Waals surface area contributed by atoms with Gasteiger partial charge in [-0.15, -0.1) is 0 Å². The fourth-order valence-corrected chi connectivity index (χ4v) is 3.29. The van der Waals surface area contributed by atoms with Crippen LogP contribution in [0.4, 0.5) is 5.69 Å². The molecule has 0 heterocycles. The number of rotatable bonds is 7. The van der Waals surface area contributed by atoms with Gasteiger partial charge < -0.3 is 15.5 Å². The van der Waals surface area contributed by atoms with Crippen molar-refractivity contribution in [1.82, 2.24) is 10.2 Å². The monoisotopic (exact) mass is 356 g/mol. The number of anilines is 1. The van der Waals surface area contributed by atoms with Crippen molar-refractivity contribution in [2.24, 2.45) is 11.8 Å². The third-order valence-electron chi connectivity index (χ3n) is 4.86. The molecule has 1 aliphatic rings. The Kier molecular flexibility index (Phi) is 7.61. The van der Waals surface area contributed by atoms with Crippen LogP contribution in [0.5, 0.6) is 0 Å². The number of carbonyl (C=O) groups is 2. The first-order chi connectivity index (χ1) is 12.5. The minimum Gasteiger partial charge on any atom is -0.356 e. The van der Waals surface area contributed by atoms with Crippen molar-refractivity contribution >= 4 is 17.5 Å². The first-order valence-electron chi connectivity index (χ1n) is 9.23. The third kappa shape index (κ3) is 5.85. The summed E-state index contributed by atoms with van der Waals surface area (Å²) in [6.45, 7) is 1.65. The fraction of sp³-hybridized carbons (Fsp3) is 0.550. The molecule has 6 heteroatoms. The number of nitrogens with zero attached hydrogens (tertiary/aromatic N) is 2. The van der Waals surface area contributed by atoms with Crippen LogP contribution in [0.2, 0.25) is 0 Å². The lowest BCUT2D eigenvalue weighted by Crippen LogP contribution is -2.36. The highest BCUT2D eigenvalue weighted by atomic mass is 16.2. The summed E-state index contributed by atoms with van der Waals surface area (Å²) in [5.41, 5.74) is 1.02. The normalized spacial score (nSPS) is 19.6. The van der Waals surface area contributed by atoms with Crippen LogP contribution in [0.15, 0.2) is 24.3 Å². The lowest BCUT2D eigenvalue weighted by Gasteiger charge is -2.27. The summed E-state index contributed by atoms with van der Waals surface area (Å²) in [5.74, 6) is -0.0423. The maximum Gasteiger partial charge on any atom is 0.227 e. The molecule has 26 heavy (non-hydrogen) atoms. The highest BCUT2D eigenvalue weighted by Gasteiger charge is 2.30. The zero-order chi connectivity index (χ0) is 18.9. The topological polar surface area (TPSA) is 85.2 Å². The Bertz CT molecular complexity index is 658. The van der Waals surface area contributed by atoms with Crippen LogP contribution in [0, 0.1) is 23.2 Å². The summed E-state index contributed by atoms with van der Waals surface area (Å²) < 4.78 is 0. The number of para-hydroxylation sites is 1. The molecule has 2 rings (SSSR count). The Hall–Kier alpha value is -2.39. The molecule has 1 aliphatic carbocycles. The van der Waals surface area contributed by atoms with Crippen molar-refractivity contribution < 1.29 is 9.59 Å². The average Bonchev–Trinajstić information content (AvgIpc) is 2.65. The SMILES string of the molecule is CN(C)CCCNC(=O)C1CCC(C(=O)Nc2ccccc2C#N)CC1. The van der Waals surface area contributed by atoms with E-state index in [0.717, 1.165) is 25.8 Å². The van der Waals surface area contributed by atoms with Crippen molar-refractivity contribution in [2.75, 3.05) is 32.5 Å². The van der Waals surface area contributed by atoms with Crippen LogP contribution in [-0.4, -0.2) is 43.9 Å². The molecular weight excluding hydrogens is 328 g/mol. The van der Waals surface area contributed by atoms with E-state index in [-0.39, 0.29) is 23.7 Å². The standard InChI is InChI=1S/C20H28N4O2/c1-24(2)13-5-12-22-19(25)15-8-10-16(11-9-15)20(26)23-18-7-4-3-6-17(18)14-21/h3-4,6-7,15-16H,5,8-13H2,1-2H3,(H,22,25)(H,23,26). The predicted molar refractivity (Wildman–Crippen MR) is 101 cm³/mol. The molecule has 0 bridgehead atoms. The molecule has 0 aromatic heterocycles. The van der Waals surface area contributed by atoms with Gasteiger partial charge in [0.05, 0.1) is 11.3 Å². The van der Waals surface area contributed by atoms with Gasteiger partial charge in [0.15, 0.2) is 0 Å². The molecule has 0 unspecified atom stereocenters. The summed E-state index contributed by atoms with van der Waals surface area (Å²) in [4.78, 5) is 26.8. The molecule has 0 aliphatic heterocycles. The second-order valence-corrected chi connectivity index (χ2v) is 7.14. The van der Waals surface area contributed by atoms with E-state index in [2.05, 4.69) is 21.6 Å². The van der Waals surface area contributed by atoms with Crippen molar-refractivity contribution in [3.05, 3.63) is 29.8 Å². The van der Waals surface area contributed by atoms with Crippen LogP contribution in [-0.2, 0) is 9.59 Å². The quantitative estimate of drug-likeness (QED) is 0.735. The maximum atomic E-state index is 12.5. The van der Waals surface area contributed by atoms with Gasteiger partial charge in [0, 0.05) is 18.4 Å². The van der Waals surface area contributed by atoms with Crippen LogP contribution < -0.4 is 10.6 Å². The summed E-state index contributed by atoms with van der Waals surface area (Å²) in [6, 6.07) is 9.09. The molecule has 0 saturated heterocycles. The Balaban J connectivity index is 1.76. The molecular formula is C20H28N4O2. The number of carbonyl (C=O) groups excluding carboxylic acids is 2. The molecule has 1 aromatic rings. The summed E-state index contributed by atoms with van der Waals surface area (Å²) in [5, 5.41) is 15.0. The second-order valence-electron chi connectivity index (χ2n) is 7.14. The Morgan fingerprint density at radius 1 is 1.12 bits per heavy atom. The maximum absolute atomic E-state index is 12.5. The number of amides is 2. The van der Waals surface area contributed by atoms with Gasteiger partial charge in [-0.1, -0.05) is 12.1 Å². The second kappa shape index (κ2) is 9.93. The molecule has 1 fully saturated rings. The van der Waals surface area contributed by atoms with E-state index in [1.807, 2.05) is 14.1 Å². The lowest BCUT2D eigenvalue weighted by molar-refractivity contribution is -0.128. The van der Waals surface area contributed by atoms with Crippen molar-refractivity contribution in [3.63, 3.8) is 0 Å². The van der Waals surface area contributed by atoms with Crippen LogP contribution >= 0.6 is 0 Å². The lowest BCUT2D eigenvalue weighted by atomic mass is 9.81. The zero-order valence-electron chi connectivity index (χ0n) is 15.6. The van der Waals surface area contributed by atoms with E-state index in [1.165, 1.54) is 0 Å². The predicted octanol–water partition coefficient (Wildman–Crippen LogP) is 2.37. The van der Waals surface area contributed by atoms with Gasteiger partial charge in [-0.25, -0.2) is 0 Å². The fourth-order valence-electron chi connectivity index (χ4n) is 3.29. The Labute approximate surface area is 155 Å². The van der Waals surface area contributed by atoms with E-state index in [4.69, 9.17) is 5.26 Å². The molecule has 140 valence electrons. The van der Waals surface area contributed by atoms with Crippen molar-refractivity contribution in [2.45, 2.75) is 32.1 Å². The van der Waals surface area contributed by atoms with Gasteiger partial charge in [0.2, 0.25) is 11.8 Å². The van der Waals surface area contributed by atoms with Crippen LogP contribution in [0.25, 0.3) is 0 Å². The van der Waals surface area contributed by atoms with Crippen molar-refractivity contribution in [1.29, 1.82) is 5.26 Å². The molecule has 1 saturated carbocycles. The van der Waals surface area contributed by atoms with Gasteiger partial charge in [0.1, 0.15) is 6.07 Å². The Morgan fingerprint density at radius 2 is 1.73 bits per heavy atom. The van der Waals surface area contributed by atoms with Gasteiger partial charge in [-0.2, -0.15) is 5.26 Å². The van der Waals surface area contributed by atoms with E-state index in [0.29, 0.717) is 30.6 Å². The first-order valence-corrected chi connectivity index (χ1v) is 9.23. The third-order valence-corrected chi connectivity index (χ3v) is 4.86. The van der Waals surface area contributed by atoms with E-state index in [9.17, 15) is 9.59 Å².